The summed E-state index contributed by atoms with van der Waals surface area (Å²) in [6, 6.07) is 21.4. The number of carbonyl (C=O) groups is 2. The smallest absolute Gasteiger partial charge is 0.331 e. The Balaban J connectivity index is 1.52. The molecule has 31 heavy (non-hydrogen) atoms. The highest BCUT2D eigenvalue weighted by Crippen LogP contribution is 2.32. The highest BCUT2D eigenvalue weighted by Gasteiger charge is 2.27. The van der Waals surface area contributed by atoms with Gasteiger partial charge in [-0.3, -0.25) is 9.78 Å². The predicted molar refractivity (Wildman–Crippen MR) is 119 cm³/mol. The molecular formula is C25H25N3O3. The number of rotatable bonds is 7. The van der Waals surface area contributed by atoms with Gasteiger partial charge in [-0.25, -0.2) is 4.79 Å². The molecule has 0 unspecified atom stereocenters. The van der Waals surface area contributed by atoms with Gasteiger partial charge in [-0.2, -0.15) is 0 Å². The van der Waals surface area contributed by atoms with Crippen LogP contribution in [0, 0.1) is 6.92 Å². The van der Waals surface area contributed by atoms with Crippen LogP contribution in [0.1, 0.15) is 16.8 Å². The van der Waals surface area contributed by atoms with Crippen molar-refractivity contribution in [1.29, 1.82) is 0 Å². The number of pyridine rings is 1. The van der Waals surface area contributed by atoms with Gasteiger partial charge in [0.05, 0.1) is 12.2 Å². The van der Waals surface area contributed by atoms with Crippen LogP contribution in [0.15, 0.2) is 72.9 Å². The second-order valence-corrected chi connectivity index (χ2v) is 7.67. The minimum Gasteiger partial charge on any atom is -0.423 e. The number of esters is 1. The van der Waals surface area contributed by atoms with Gasteiger partial charge < -0.3 is 14.5 Å². The molecular weight excluding hydrogens is 390 g/mol. The van der Waals surface area contributed by atoms with Gasteiger partial charge in [0.15, 0.2) is 5.75 Å². The molecule has 0 bridgehead atoms. The first-order valence-corrected chi connectivity index (χ1v) is 10.4. The van der Waals surface area contributed by atoms with E-state index < -0.39 is 0 Å². The largest absolute Gasteiger partial charge is 0.423 e. The van der Waals surface area contributed by atoms with Gasteiger partial charge in [0.1, 0.15) is 6.54 Å². The Morgan fingerprint density at radius 2 is 1.90 bits per heavy atom. The van der Waals surface area contributed by atoms with Gasteiger partial charge in [0, 0.05) is 31.4 Å². The lowest BCUT2D eigenvalue weighted by Crippen LogP contribution is -2.45. The molecule has 1 amide bonds. The Morgan fingerprint density at radius 1 is 1.10 bits per heavy atom. The maximum atomic E-state index is 13.3. The van der Waals surface area contributed by atoms with E-state index in [-0.39, 0.29) is 25.0 Å². The zero-order chi connectivity index (χ0) is 21.6. The molecule has 6 heteroatoms. The van der Waals surface area contributed by atoms with Crippen molar-refractivity contribution in [2.45, 2.75) is 19.9 Å². The van der Waals surface area contributed by atoms with E-state index in [9.17, 15) is 9.59 Å². The summed E-state index contributed by atoms with van der Waals surface area (Å²) in [6.07, 6.45) is 2.42. The lowest BCUT2D eigenvalue weighted by Gasteiger charge is -2.32. The fourth-order valence-electron chi connectivity index (χ4n) is 3.66. The van der Waals surface area contributed by atoms with Gasteiger partial charge in [-0.05, 0) is 42.3 Å². The Kier molecular flexibility index (Phi) is 6.26. The molecule has 0 radical (unpaired) electrons. The molecule has 4 rings (SSSR count). The monoisotopic (exact) mass is 415 g/mol. The lowest BCUT2D eigenvalue weighted by molar-refractivity contribution is -0.133. The predicted octanol–water partition coefficient (Wildman–Crippen LogP) is 3.39. The van der Waals surface area contributed by atoms with Crippen LogP contribution in [0.3, 0.4) is 0 Å². The minimum atomic E-state index is -0.353. The summed E-state index contributed by atoms with van der Waals surface area (Å²) in [5.74, 6) is 0.113. The van der Waals surface area contributed by atoms with Crippen molar-refractivity contribution in [3.8, 4) is 5.75 Å². The van der Waals surface area contributed by atoms with Gasteiger partial charge in [0.25, 0.3) is 0 Å². The van der Waals surface area contributed by atoms with Crippen molar-refractivity contribution in [3.05, 3.63) is 89.7 Å². The van der Waals surface area contributed by atoms with Gasteiger partial charge in [0.2, 0.25) is 5.91 Å². The summed E-state index contributed by atoms with van der Waals surface area (Å²) in [5.41, 5.74) is 3.77. The van der Waals surface area contributed by atoms with Crippen LogP contribution in [0.5, 0.6) is 5.75 Å². The van der Waals surface area contributed by atoms with Crippen LogP contribution in [0.4, 0.5) is 5.69 Å². The molecule has 1 aliphatic rings. The maximum absolute atomic E-state index is 13.3. The number of nitrogens with zero attached hydrogens (tertiary/aromatic N) is 3. The SMILES string of the molecule is Cc1ccc2c(c1)OC(=O)CN2CC(=O)N(CCc1ccccn1)Cc1ccccc1. The van der Waals surface area contributed by atoms with Crippen molar-refractivity contribution in [2.24, 2.45) is 0 Å². The fourth-order valence-corrected chi connectivity index (χ4v) is 3.66. The van der Waals surface area contributed by atoms with Crippen LogP contribution in [-0.4, -0.2) is 41.4 Å². The molecule has 2 heterocycles. The minimum absolute atomic E-state index is 0.0407. The Morgan fingerprint density at radius 3 is 2.68 bits per heavy atom. The lowest BCUT2D eigenvalue weighted by atomic mass is 10.1. The number of amides is 1. The van der Waals surface area contributed by atoms with E-state index in [1.54, 1.807) is 11.1 Å². The fraction of sp³-hybridized carbons (Fsp3) is 0.240. The third-order valence-corrected chi connectivity index (χ3v) is 5.26. The van der Waals surface area contributed by atoms with E-state index in [4.69, 9.17) is 4.74 Å². The molecule has 0 spiro atoms. The van der Waals surface area contributed by atoms with Crippen LogP contribution in [0.2, 0.25) is 0 Å². The molecule has 0 saturated carbocycles. The summed E-state index contributed by atoms with van der Waals surface area (Å²) in [5, 5.41) is 0. The molecule has 158 valence electrons. The van der Waals surface area contributed by atoms with Crippen molar-refractivity contribution in [2.75, 3.05) is 24.5 Å². The van der Waals surface area contributed by atoms with Crippen LogP contribution >= 0.6 is 0 Å². The number of aromatic nitrogens is 1. The molecule has 0 atom stereocenters. The first kappa shape index (κ1) is 20.6. The second-order valence-electron chi connectivity index (χ2n) is 7.67. The number of hydrogen-bond acceptors (Lipinski definition) is 5. The number of anilines is 1. The molecule has 0 fully saturated rings. The van der Waals surface area contributed by atoms with Crippen LogP contribution in [-0.2, 0) is 22.6 Å². The number of aryl methyl sites for hydroxylation is 1. The quantitative estimate of drug-likeness (QED) is 0.437. The Bertz CT molecular complexity index is 1050. The standard InChI is InChI=1S/C25H25N3O3/c1-19-10-11-22-23(15-19)31-25(30)18-28(22)17-24(29)27(16-20-7-3-2-4-8-20)14-12-21-9-5-6-13-26-21/h2-11,13,15H,12,14,16-18H2,1H3. The summed E-state index contributed by atoms with van der Waals surface area (Å²) < 4.78 is 5.37. The third kappa shape index (κ3) is 5.28. The number of carbonyl (C=O) groups excluding carboxylic acids is 2. The third-order valence-electron chi connectivity index (χ3n) is 5.26. The summed E-state index contributed by atoms with van der Waals surface area (Å²) >= 11 is 0. The molecule has 3 aromatic rings. The number of hydrogen-bond donors (Lipinski definition) is 0. The second kappa shape index (κ2) is 9.43. The van der Waals surface area contributed by atoms with Crippen molar-refractivity contribution >= 4 is 17.6 Å². The van der Waals surface area contributed by atoms with Gasteiger partial charge in [-0.15, -0.1) is 0 Å². The van der Waals surface area contributed by atoms with E-state index in [2.05, 4.69) is 4.98 Å². The molecule has 0 N–H and O–H groups in total. The van der Waals surface area contributed by atoms with Crippen molar-refractivity contribution in [1.82, 2.24) is 9.88 Å². The van der Waals surface area contributed by atoms with E-state index >= 15 is 0 Å². The zero-order valence-corrected chi connectivity index (χ0v) is 17.5. The molecule has 6 nitrogen and oxygen atoms in total. The summed E-state index contributed by atoms with van der Waals surface area (Å²) in [7, 11) is 0. The molecule has 0 saturated heterocycles. The van der Waals surface area contributed by atoms with E-state index in [0.29, 0.717) is 25.3 Å². The first-order chi connectivity index (χ1) is 15.1. The number of benzene rings is 2. The maximum Gasteiger partial charge on any atom is 0.331 e. The molecule has 1 aromatic heterocycles. The Hall–Kier alpha value is -3.67. The normalized spacial score (nSPS) is 12.8. The average Bonchev–Trinajstić information content (AvgIpc) is 2.77. The number of fused-ring (bicyclic) bond motifs is 1. The van der Waals surface area contributed by atoms with Crippen LogP contribution in [0.25, 0.3) is 0 Å². The first-order valence-electron chi connectivity index (χ1n) is 10.4. The van der Waals surface area contributed by atoms with Crippen molar-refractivity contribution in [3.63, 3.8) is 0 Å². The molecule has 1 aliphatic heterocycles. The summed E-state index contributed by atoms with van der Waals surface area (Å²) in [4.78, 5) is 33.4. The number of ether oxygens (including phenoxy) is 1. The van der Waals surface area contributed by atoms with Gasteiger partial charge in [-0.1, -0.05) is 42.5 Å². The van der Waals surface area contributed by atoms with Crippen molar-refractivity contribution < 1.29 is 14.3 Å². The summed E-state index contributed by atoms with van der Waals surface area (Å²) in [6.45, 7) is 3.16. The van der Waals surface area contributed by atoms with E-state index in [0.717, 1.165) is 22.5 Å². The Labute approximate surface area is 182 Å². The molecule has 0 aliphatic carbocycles. The topological polar surface area (TPSA) is 62.7 Å². The highest BCUT2D eigenvalue weighted by molar-refractivity contribution is 5.89. The van der Waals surface area contributed by atoms with Crippen LogP contribution < -0.4 is 9.64 Å². The van der Waals surface area contributed by atoms with E-state index in [1.807, 2.05) is 78.6 Å². The molecule has 2 aromatic carbocycles. The highest BCUT2D eigenvalue weighted by atomic mass is 16.5. The zero-order valence-electron chi connectivity index (χ0n) is 17.5. The van der Waals surface area contributed by atoms with E-state index in [1.165, 1.54) is 0 Å². The average molecular weight is 415 g/mol. The van der Waals surface area contributed by atoms with Gasteiger partial charge >= 0.3 is 5.97 Å².